The molecule has 3 aliphatic rings. The maximum atomic E-state index is 11.0. The first-order chi connectivity index (χ1) is 14.7. The van der Waals surface area contributed by atoms with Crippen molar-refractivity contribution >= 4 is 0 Å². The normalized spacial score (nSPS) is 49.2. The first kappa shape index (κ1) is 25.2. The first-order valence-electron chi connectivity index (χ1n) is 11.2. The van der Waals surface area contributed by atoms with E-state index in [2.05, 4.69) is 10.6 Å². The summed E-state index contributed by atoms with van der Waals surface area (Å²) in [6, 6.07) is -1.35. The lowest BCUT2D eigenvalue weighted by Crippen LogP contribution is -2.66. The highest BCUT2D eigenvalue weighted by molar-refractivity contribution is 4.99. The molecule has 3 fully saturated rings. The van der Waals surface area contributed by atoms with Crippen LogP contribution in [0.4, 0.5) is 0 Å². The highest BCUT2D eigenvalue weighted by atomic mass is 16.7. The van der Waals surface area contributed by atoms with Crippen LogP contribution in [-0.2, 0) is 18.9 Å². The third kappa shape index (κ3) is 5.74. The van der Waals surface area contributed by atoms with Gasteiger partial charge in [0.25, 0.3) is 0 Å². The summed E-state index contributed by atoms with van der Waals surface area (Å²) in [5.41, 5.74) is 11.2. The van der Waals surface area contributed by atoms with Gasteiger partial charge in [-0.05, 0) is 46.7 Å². The lowest BCUT2D eigenvalue weighted by molar-refractivity contribution is -0.304. The molecule has 0 aromatic heterocycles. The quantitative estimate of drug-likeness (QED) is 0.217. The minimum Gasteiger partial charge on any atom is -0.388 e. The smallest absolute Gasteiger partial charge is 0.185 e. The van der Waals surface area contributed by atoms with E-state index in [4.69, 9.17) is 30.4 Å². The van der Waals surface area contributed by atoms with Crippen molar-refractivity contribution in [2.24, 2.45) is 11.5 Å². The number of ether oxygens (including phenoxy) is 4. The molecule has 31 heavy (non-hydrogen) atoms. The highest BCUT2D eigenvalue weighted by Crippen LogP contribution is 2.31. The number of rotatable bonds is 7. The predicted octanol–water partition coefficient (Wildman–Crippen LogP) is -2.65. The fourth-order valence-electron chi connectivity index (χ4n) is 4.76. The number of hydrogen-bond acceptors (Lipinski definition) is 11. The lowest BCUT2D eigenvalue weighted by atomic mass is 9.87. The van der Waals surface area contributed by atoms with Crippen molar-refractivity contribution in [3.63, 3.8) is 0 Å². The Bertz CT molecular complexity index is 572. The minimum atomic E-state index is -1.24. The van der Waals surface area contributed by atoms with Crippen LogP contribution in [-0.4, -0.2) is 109 Å². The van der Waals surface area contributed by atoms with Crippen LogP contribution < -0.4 is 22.1 Å². The van der Waals surface area contributed by atoms with Gasteiger partial charge in [0.05, 0.1) is 30.9 Å². The molecule has 0 bridgehead atoms. The Labute approximate surface area is 183 Å². The summed E-state index contributed by atoms with van der Waals surface area (Å²) in [6.45, 7) is 2.26. The Morgan fingerprint density at radius 3 is 2.39 bits per heavy atom. The summed E-state index contributed by atoms with van der Waals surface area (Å²) >= 11 is 0. The zero-order valence-corrected chi connectivity index (χ0v) is 18.6. The summed E-state index contributed by atoms with van der Waals surface area (Å²) in [5, 5.41) is 38.0. The number of aliphatic hydroxyl groups excluding tert-OH is 2. The van der Waals surface area contributed by atoms with Gasteiger partial charge in [-0.1, -0.05) is 0 Å². The van der Waals surface area contributed by atoms with Gasteiger partial charge in [0.2, 0.25) is 0 Å². The summed E-state index contributed by atoms with van der Waals surface area (Å²) in [7, 11) is 3.51. The zero-order chi connectivity index (χ0) is 22.8. The van der Waals surface area contributed by atoms with Crippen LogP contribution in [0, 0.1) is 0 Å². The molecular weight excluding hydrogens is 408 g/mol. The molecule has 0 radical (unpaired) electrons. The molecule has 0 aromatic rings. The fraction of sp³-hybridized carbons (Fsp3) is 1.00. The molecule has 11 heteroatoms. The van der Waals surface area contributed by atoms with E-state index in [9.17, 15) is 15.3 Å². The molecule has 2 heterocycles. The maximum Gasteiger partial charge on any atom is 0.185 e. The number of nitrogens with one attached hydrogen (secondary N) is 2. The van der Waals surface area contributed by atoms with E-state index >= 15 is 0 Å². The Hall–Kier alpha value is -0.440. The van der Waals surface area contributed by atoms with Crippen molar-refractivity contribution in [2.75, 3.05) is 27.2 Å². The van der Waals surface area contributed by atoms with Crippen LogP contribution in [0.15, 0.2) is 0 Å². The summed E-state index contributed by atoms with van der Waals surface area (Å²) in [5.74, 6) is 0. The third-order valence-corrected chi connectivity index (χ3v) is 6.60. The van der Waals surface area contributed by atoms with Gasteiger partial charge in [0, 0.05) is 12.6 Å². The molecule has 1 aliphatic carbocycles. The van der Waals surface area contributed by atoms with Gasteiger partial charge in [0.1, 0.15) is 23.9 Å². The van der Waals surface area contributed by atoms with Gasteiger partial charge in [-0.25, -0.2) is 0 Å². The third-order valence-electron chi connectivity index (χ3n) is 6.60. The van der Waals surface area contributed by atoms with Crippen LogP contribution in [0.25, 0.3) is 0 Å². The van der Waals surface area contributed by atoms with Gasteiger partial charge in [-0.15, -0.1) is 0 Å². The number of likely N-dealkylation sites (N-methyl/N-ethyl adjacent to an activating group) is 2. The van der Waals surface area contributed by atoms with Crippen molar-refractivity contribution in [2.45, 2.75) is 99.4 Å². The number of aliphatic hydroxyl groups is 3. The Morgan fingerprint density at radius 2 is 1.71 bits per heavy atom. The van der Waals surface area contributed by atoms with E-state index in [-0.39, 0.29) is 18.8 Å². The molecule has 0 amide bonds. The van der Waals surface area contributed by atoms with E-state index < -0.39 is 54.7 Å². The summed E-state index contributed by atoms with van der Waals surface area (Å²) < 4.78 is 23.6. The SMILES string of the molecule is CNC[C@@H]1CC[C@@H](N)[C@H](OC2[C@H](O)C(O[C@H]3OC[C@](C)(O)[C@H](NC)C3O)CC[C@@H]2N)O1. The standard InChI is InChI=1S/C20H40N4O7/c1-20(27)9-28-19(15(26)17(20)24-3)30-13-7-6-11(21)16(14(13)25)31-18-12(22)5-4-10(29-18)8-23-2/h10-19,23-27H,4-9,21-22H2,1-3H3/t10-,11-,12+,13?,14+,15?,16?,17+,18-,19+,20-/m0/s1. The molecule has 11 nitrogen and oxygen atoms in total. The first-order valence-corrected chi connectivity index (χ1v) is 11.2. The van der Waals surface area contributed by atoms with E-state index in [1.807, 2.05) is 7.05 Å². The zero-order valence-electron chi connectivity index (χ0n) is 18.6. The average Bonchev–Trinajstić information content (AvgIpc) is 2.71. The van der Waals surface area contributed by atoms with Crippen molar-refractivity contribution < 1.29 is 34.3 Å². The Morgan fingerprint density at radius 1 is 1.00 bits per heavy atom. The average molecular weight is 449 g/mol. The van der Waals surface area contributed by atoms with Gasteiger partial charge >= 0.3 is 0 Å². The molecule has 0 aromatic carbocycles. The van der Waals surface area contributed by atoms with Gasteiger partial charge in [0.15, 0.2) is 12.6 Å². The van der Waals surface area contributed by atoms with Crippen LogP contribution in [0.1, 0.15) is 32.6 Å². The van der Waals surface area contributed by atoms with Crippen LogP contribution in [0.5, 0.6) is 0 Å². The molecule has 3 rings (SSSR count). The van der Waals surface area contributed by atoms with E-state index in [0.29, 0.717) is 19.4 Å². The lowest BCUT2D eigenvalue weighted by Gasteiger charge is -2.47. The molecule has 11 atom stereocenters. The molecule has 9 N–H and O–H groups in total. The molecular formula is C20H40N4O7. The topological polar surface area (TPSA) is 174 Å². The van der Waals surface area contributed by atoms with Gasteiger partial charge in [-0.2, -0.15) is 0 Å². The molecule has 2 saturated heterocycles. The van der Waals surface area contributed by atoms with Crippen LogP contribution in [0.2, 0.25) is 0 Å². The Kier molecular flexibility index (Phi) is 8.66. The highest BCUT2D eigenvalue weighted by Gasteiger charge is 2.49. The van der Waals surface area contributed by atoms with Crippen LogP contribution in [0.3, 0.4) is 0 Å². The fourth-order valence-corrected chi connectivity index (χ4v) is 4.76. The van der Waals surface area contributed by atoms with E-state index in [0.717, 1.165) is 12.8 Å². The molecule has 3 unspecified atom stereocenters. The summed E-state index contributed by atoms with van der Waals surface area (Å²) in [4.78, 5) is 0. The maximum absolute atomic E-state index is 11.0. The molecule has 182 valence electrons. The number of hydrogen-bond donors (Lipinski definition) is 7. The second-order valence-electron chi connectivity index (χ2n) is 9.23. The van der Waals surface area contributed by atoms with Crippen LogP contribution >= 0.6 is 0 Å². The minimum absolute atomic E-state index is 0.0138. The van der Waals surface area contributed by atoms with E-state index in [1.54, 1.807) is 14.0 Å². The van der Waals surface area contributed by atoms with Gasteiger partial charge in [-0.3, -0.25) is 0 Å². The second-order valence-corrected chi connectivity index (χ2v) is 9.23. The van der Waals surface area contributed by atoms with Gasteiger partial charge < -0.3 is 56.4 Å². The predicted molar refractivity (Wildman–Crippen MR) is 112 cm³/mol. The molecule has 1 saturated carbocycles. The number of nitrogens with two attached hydrogens (primary N) is 2. The largest absolute Gasteiger partial charge is 0.388 e. The second kappa shape index (κ2) is 10.7. The van der Waals surface area contributed by atoms with Crippen molar-refractivity contribution in [1.82, 2.24) is 10.6 Å². The molecule has 0 spiro atoms. The monoisotopic (exact) mass is 448 g/mol. The summed E-state index contributed by atoms with van der Waals surface area (Å²) in [6.07, 6.45) is -2.61. The van der Waals surface area contributed by atoms with E-state index in [1.165, 1.54) is 0 Å². The molecule has 2 aliphatic heterocycles. The Balaban J connectivity index is 1.62. The van der Waals surface area contributed by atoms with Crippen molar-refractivity contribution in [3.8, 4) is 0 Å². The van der Waals surface area contributed by atoms with Crippen molar-refractivity contribution in [1.29, 1.82) is 0 Å². The van der Waals surface area contributed by atoms with Crippen molar-refractivity contribution in [3.05, 3.63) is 0 Å².